The first-order chi connectivity index (χ1) is 20.0. The molecule has 3 aliphatic rings. The first kappa shape index (κ1) is 32.5. The highest BCUT2D eigenvalue weighted by Crippen LogP contribution is 2.30. The van der Waals surface area contributed by atoms with E-state index >= 15 is 0 Å². The van der Waals surface area contributed by atoms with Crippen LogP contribution in [-0.2, 0) is 32.1 Å². The minimum Gasteiger partial charge on any atom is -0.444 e. The number of carbonyl (C=O) groups is 4. The Kier molecular flexibility index (Phi) is 9.60. The van der Waals surface area contributed by atoms with E-state index in [0.717, 1.165) is 0 Å². The van der Waals surface area contributed by atoms with Crippen molar-refractivity contribution in [3.8, 4) is 0 Å². The number of benzene rings is 1. The standard InChI is InChI=1S/C29H43BFN5O7/c1-28(2,3)23(33-26(39)34-29(4,5)6)25(38)36-15-18(13-21(36)24(37)32-22-11-8-12-42-30(22)41)43-27(40)35-14-17-9-7-10-20(31)19(17)16-35/h7,9-10,18,21-23,41H,8,11-16H2,1-6H3,(H,32,37)(H2,33,34,39)/t18-,21+,22?,23?/m1/s1. The Morgan fingerprint density at radius 3 is 2.49 bits per heavy atom. The number of fused-ring (bicyclic) bond motifs is 1. The topological polar surface area (TPSA) is 150 Å². The van der Waals surface area contributed by atoms with Gasteiger partial charge in [-0.05, 0) is 50.7 Å². The number of likely N-dealkylation sites (tertiary alicyclic amines) is 1. The van der Waals surface area contributed by atoms with Crippen LogP contribution in [0.3, 0.4) is 0 Å². The summed E-state index contributed by atoms with van der Waals surface area (Å²) in [5.41, 5.74) is -0.161. The van der Waals surface area contributed by atoms with Crippen LogP contribution in [-0.4, -0.2) is 88.7 Å². The van der Waals surface area contributed by atoms with Gasteiger partial charge < -0.3 is 35.3 Å². The lowest BCUT2D eigenvalue weighted by molar-refractivity contribution is -0.142. The summed E-state index contributed by atoms with van der Waals surface area (Å²) >= 11 is 0. The molecule has 0 aromatic heterocycles. The predicted molar refractivity (Wildman–Crippen MR) is 156 cm³/mol. The summed E-state index contributed by atoms with van der Waals surface area (Å²) in [5.74, 6) is -2.09. The zero-order valence-electron chi connectivity index (χ0n) is 25.7. The maximum Gasteiger partial charge on any atom is 0.478 e. The van der Waals surface area contributed by atoms with Crippen molar-refractivity contribution in [3.05, 3.63) is 35.1 Å². The predicted octanol–water partition coefficient (Wildman–Crippen LogP) is 2.07. The van der Waals surface area contributed by atoms with Crippen molar-refractivity contribution in [2.45, 2.75) is 104 Å². The molecule has 4 atom stereocenters. The summed E-state index contributed by atoms with van der Waals surface area (Å²) in [6, 6.07) is 2.09. The van der Waals surface area contributed by atoms with Crippen molar-refractivity contribution in [1.29, 1.82) is 0 Å². The average molecular weight is 604 g/mol. The molecular weight excluding hydrogens is 560 g/mol. The van der Waals surface area contributed by atoms with Gasteiger partial charge in [0.25, 0.3) is 0 Å². The summed E-state index contributed by atoms with van der Waals surface area (Å²) in [6.07, 6.45) is -0.366. The fourth-order valence-electron chi connectivity index (χ4n) is 5.61. The quantitative estimate of drug-likeness (QED) is 0.377. The summed E-state index contributed by atoms with van der Waals surface area (Å²) in [7, 11) is -1.18. The number of hydrogen-bond donors (Lipinski definition) is 4. The second-order valence-corrected chi connectivity index (χ2v) is 13.6. The Morgan fingerprint density at radius 2 is 1.86 bits per heavy atom. The number of carbonyl (C=O) groups excluding carboxylic acids is 4. The Labute approximate surface area is 252 Å². The van der Waals surface area contributed by atoms with Crippen LogP contribution in [0.5, 0.6) is 0 Å². The fourth-order valence-corrected chi connectivity index (χ4v) is 5.61. The van der Waals surface area contributed by atoms with Gasteiger partial charge in [0.15, 0.2) is 0 Å². The summed E-state index contributed by atoms with van der Waals surface area (Å²) < 4.78 is 25.3. The van der Waals surface area contributed by atoms with Gasteiger partial charge >= 0.3 is 19.2 Å². The Balaban J connectivity index is 1.52. The molecule has 2 saturated heterocycles. The molecular formula is C29H43BFN5O7. The molecule has 0 radical (unpaired) electrons. The SMILES string of the molecule is CC(C)(C)NC(=O)NC(C(=O)N1C[C@H](OC(=O)N2Cc3cccc(F)c3C2)C[C@H]1C(=O)NC1CCCOB1O)C(C)(C)C. The Bertz CT molecular complexity index is 1240. The van der Waals surface area contributed by atoms with Crippen molar-refractivity contribution < 1.29 is 38.0 Å². The lowest BCUT2D eigenvalue weighted by Crippen LogP contribution is -2.61. The van der Waals surface area contributed by atoms with Crippen molar-refractivity contribution >= 4 is 31.1 Å². The Morgan fingerprint density at radius 1 is 1.14 bits per heavy atom. The van der Waals surface area contributed by atoms with Crippen LogP contribution in [0.15, 0.2) is 18.2 Å². The minimum absolute atomic E-state index is 0.00713. The largest absolute Gasteiger partial charge is 0.478 e. The third-order valence-electron chi connectivity index (χ3n) is 7.80. The lowest BCUT2D eigenvalue weighted by atomic mass is 9.74. The second kappa shape index (κ2) is 12.7. The van der Waals surface area contributed by atoms with Crippen LogP contribution >= 0.6 is 0 Å². The van der Waals surface area contributed by atoms with E-state index in [0.29, 0.717) is 30.6 Å². The third kappa shape index (κ3) is 7.97. The van der Waals surface area contributed by atoms with Crippen LogP contribution in [0.25, 0.3) is 0 Å². The number of nitrogens with zero attached hydrogens (tertiary/aromatic N) is 2. The number of ether oxygens (including phenoxy) is 1. The number of halogens is 1. The normalized spacial score (nSPS) is 23.0. The van der Waals surface area contributed by atoms with E-state index in [1.807, 2.05) is 20.8 Å². The fraction of sp³-hybridized carbons (Fsp3) is 0.655. The van der Waals surface area contributed by atoms with Crippen LogP contribution in [0.2, 0.25) is 0 Å². The van der Waals surface area contributed by atoms with Gasteiger partial charge in [-0.3, -0.25) is 14.5 Å². The zero-order chi connectivity index (χ0) is 31.7. The van der Waals surface area contributed by atoms with E-state index in [1.54, 1.807) is 32.9 Å². The van der Waals surface area contributed by atoms with Crippen molar-refractivity contribution in [1.82, 2.24) is 25.8 Å². The van der Waals surface area contributed by atoms with Crippen LogP contribution in [0, 0.1) is 11.2 Å². The van der Waals surface area contributed by atoms with Gasteiger partial charge in [-0.2, -0.15) is 0 Å². The van der Waals surface area contributed by atoms with E-state index < -0.39 is 72.0 Å². The molecule has 4 rings (SSSR count). The molecule has 14 heteroatoms. The summed E-state index contributed by atoms with van der Waals surface area (Å²) in [5, 5.41) is 18.6. The molecule has 3 aliphatic heterocycles. The molecule has 1 aromatic carbocycles. The Hall–Kier alpha value is -3.39. The molecule has 2 fully saturated rings. The molecule has 0 saturated carbocycles. The van der Waals surface area contributed by atoms with Crippen LogP contribution in [0.4, 0.5) is 14.0 Å². The van der Waals surface area contributed by atoms with E-state index in [-0.39, 0.29) is 26.1 Å². The molecule has 1 aromatic rings. The van der Waals surface area contributed by atoms with Crippen molar-refractivity contribution in [2.75, 3.05) is 13.2 Å². The minimum atomic E-state index is -1.18. The lowest BCUT2D eigenvalue weighted by Gasteiger charge is -2.36. The molecule has 4 N–H and O–H groups in total. The molecule has 0 spiro atoms. The van der Waals surface area contributed by atoms with E-state index in [9.17, 15) is 28.6 Å². The maximum atomic E-state index is 14.3. The van der Waals surface area contributed by atoms with Gasteiger partial charge in [0.2, 0.25) is 11.8 Å². The molecule has 2 unspecified atom stereocenters. The maximum absolute atomic E-state index is 14.3. The molecule has 0 aliphatic carbocycles. The average Bonchev–Trinajstić information content (AvgIpc) is 3.52. The van der Waals surface area contributed by atoms with Gasteiger partial charge in [-0.25, -0.2) is 14.0 Å². The molecule has 3 heterocycles. The first-order valence-corrected chi connectivity index (χ1v) is 14.7. The number of urea groups is 1. The van der Waals surface area contributed by atoms with E-state index in [2.05, 4.69) is 16.0 Å². The number of rotatable bonds is 5. The highest BCUT2D eigenvalue weighted by Gasteiger charge is 2.47. The van der Waals surface area contributed by atoms with E-state index in [1.165, 1.54) is 15.9 Å². The van der Waals surface area contributed by atoms with Gasteiger partial charge in [-0.15, -0.1) is 0 Å². The van der Waals surface area contributed by atoms with Gasteiger partial charge in [0.1, 0.15) is 24.0 Å². The molecule has 5 amide bonds. The molecule has 43 heavy (non-hydrogen) atoms. The number of nitrogens with one attached hydrogen (secondary N) is 3. The monoisotopic (exact) mass is 603 g/mol. The van der Waals surface area contributed by atoms with Gasteiger partial charge in [0, 0.05) is 30.7 Å². The van der Waals surface area contributed by atoms with Crippen LogP contribution < -0.4 is 16.0 Å². The molecule has 0 bridgehead atoms. The summed E-state index contributed by atoms with van der Waals surface area (Å²) in [6.45, 7) is 11.4. The van der Waals surface area contributed by atoms with Crippen molar-refractivity contribution in [3.63, 3.8) is 0 Å². The highest BCUT2D eigenvalue weighted by molar-refractivity contribution is 6.45. The smallest absolute Gasteiger partial charge is 0.444 e. The first-order valence-electron chi connectivity index (χ1n) is 14.7. The third-order valence-corrected chi connectivity index (χ3v) is 7.80. The van der Waals surface area contributed by atoms with Gasteiger partial charge in [-0.1, -0.05) is 32.9 Å². The van der Waals surface area contributed by atoms with Gasteiger partial charge in [0.05, 0.1) is 19.0 Å². The van der Waals surface area contributed by atoms with Crippen molar-refractivity contribution in [2.24, 2.45) is 5.41 Å². The second-order valence-electron chi connectivity index (χ2n) is 13.6. The number of hydrogen-bond acceptors (Lipinski definition) is 7. The zero-order valence-corrected chi connectivity index (χ0v) is 25.7. The molecule has 236 valence electrons. The molecule has 12 nitrogen and oxygen atoms in total. The highest BCUT2D eigenvalue weighted by atomic mass is 19.1. The summed E-state index contributed by atoms with van der Waals surface area (Å²) in [4.78, 5) is 56.3. The van der Waals surface area contributed by atoms with E-state index in [4.69, 9.17) is 9.39 Å². The van der Waals surface area contributed by atoms with Crippen LogP contribution in [0.1, 0.15) is 71.9 Å². The number of amides is 5.